The third kappa shape index (κ3) is 7.32. The van der Waals surface area contributed by atoms with E-state index in [1.807, 2.05) is 29.1 Å². The first-order valence-corrected chi connectivity index (χ1v) is 18.0. The summed E-state index contributed by atoms with van der Waals surface area (Å²) in [4.78, 5) is 4.80. The third-order valence-corrected chi connectivity index (χ3v) is 10.1. The molecule has 7 rings (SSSR count). The average molecular weight is 854 g/mol. The molecule has 5 nitrogen and oxygen atoms in total. The molecule has 0 aliphatic heterocycles. The maximum absolute atomic E-state index is 6.68. The van der Waals surface area contributed by atoms with Crippen molar-refractivity contribution in [1.82, 2.24) is 19.3 Å². The molecule has 1 unspecified atom stereocenters. The summed E-state index contributed by atoms with van der Waals surface area (Å²) in [6.07, 6.45) is 6.31. The van der Waals surface area contributed by atoms with Gasteiger partial charge in [-0.05, 0) is 78.6 Å². The fourth-order valence-corrected chi connectivity index (χ4v) is 7.05. The molecule has 51 heavy (non-hydrogen) atoms. The van der Waals surface area contributed by atoms with E-state index in [-0.39, 0.29) is 21.1 Å². The van der Waals surface area contributed by atoms with Crippen LogP contribution in [0.2, 0.25) is 0 Å². The van der Waals surface area contributed by atoms with E-state index in [4.69, 9.17) is 14.8 Å². The number of aromatic nitrogens is 4. The fourth-order valence-electron chi connectivity index (χ4n) is 7.05. The van der Waals surface area contributed by atoms with Crippen LogP contribution in [0.25, 0.3) is 44.4 Å². The number of pyridine rings is 1. The number of ether oxygens (including phenoxy) is 1. The van der Waals surface area contributed by atoms with E-state index in [0.29, 0.717) is 23.3 Å². The largest absolute Gasteiger partial charge is 2.00 e. The van der Waals surface area contributed by atoms with Crippen LogP contribution in [0.15, 0.2) is 91.1 Å². The molecule has 0 saturated carbocycles. The Morgan fingerprint density at radius 2 is 1.61 bits per heavy atom. The summed E-state index contributed by atoms with van der Waals surface area (Å²) in [5.41, 5.74) is 11.0. The van der Waals surface area contributed by atoms with Gasteiger partial charge in [0, 0.05) is 34.5 Å². The minimum atomic E-state index is 0. The summed E-state index contributed by atoms with van der Waals surface area (Å²) in [5, 5.41) is 7.33. The van der Waals surface area contributed by atoms with Gasteiger partial charge >= 0.3 is 21.1 Å². The van der Waals surface area contributed by atoms with Crippen LogP contribution >= 0.6 is 0 Å². The fraction of sp³-hybridized carbons (Fsp3) is 0.289. The number of fused-ring (bicyclic) bond motifs is 3. The van der Waals surface area contributed by atoms with Crippen molar-refractivity contribution in [2.24, 2.45) is 5.92 Å². The Morgan fingerprint density at radius 1 is 0.804 bits per heavy atom. The van der Waals surface area contributed by atoms with E-state index in [1.165, 1.54) is 29.4 Å². The van der Waals surface area contributed by atoms with E-state index in [9.17, 15) is 0 Å². The summed E-state index contributed by atoms with van der Waals surface area (Å²) >= 11 is 0. The molecule has 1 atom stereocenters. The summed E-state index contributed by atoms with van der Waals surface area (Å²) in [5.74, 6) is 3.15. The van der Waals surface area contributed by atoms with E-state index in [1.54, 1.807) is 0 Å². The van der Waals surface area contributed by atoms with Crippen LogP contribution in [-0.4, -0.2) is 19.3 Å². The van der Waals surface area contributed by atoms with E-state index >= 15 is 0 Å². The first-order chi connectivity index (χ1) is 24.2. The van der Waals surface area contributed by atoms with Crippen molar-refractivity contribution in [3.8, 4) is 34.1 Å². The Hall–Kier alpha value is -4.47. The molecule has 3 aromatic heterocycles. The van der Waals surface area contributed by atoms with Gasteiger partial charge in [0.1, 0.15) is 5.82 Å². The molecule has 0 radical (unpaired) electrons. The molecular formula is C45H46N4OPt. The molecule has 7 aromatic rings. The molecule has 3 heterocycles. The Morgan fingerprint density at radius 3 is 2.35 bits per heavy atom. The number of unbranched alkanes of at least 4 members (excludes halogenated alkanes) is 2. The predicted octanol–water partition coefficient (Wildman–Crippen LogP) is 11.8. The van der Waals surface area contributed by atoms with Crippen molar-refractivity contribution in [1.29, 1.82) is 0 Å². The van der Waals surface area contributed by atoms with Gasteiger partial charge in [-0.3, -0.25) is 4.68 Å². The van der Waals surface area contributed by atoms with Crippen molar-refractivity contribution in [2.45, 2.75) is 80.1 Å². The van der Waals surface area contributed by atoms with Crippen molar-refractivity contribution >= 4 is 21.8 Å². The topological polar surface area (TPSA) is 44.9 Å². The molecule has 0 aliphatic rings. The van der Waals surface area contributed by atoms with Crippen molar-refractivity contribution in [2.75, 3.05) is 0 Å². The van der Waals surface area contributed by atoms with Crippen LogP contribution in [0, 0.1) is 38.8 Å². The summed E-state index contributed by atoms with van der Waals surface area (Å²) in [7, 11) is 0. The normalized spacial score (nSPS) is 12.1. The number of benzene rings is 4. The second kappa shape index (κ2) is 15.4. The van der Waals surface area contributed by atoms with Gasteiger partial charge in [0.2, 0.25) is 0 Å². The third-order valence-electron chi connectivity index (χ3n) is 10.1. The van der Waals surface area contributed by atoms with E-state index in [2.05, 4.69) is 132 Å². The van der Waals surface area contributed by atoms with Gasteiger partial charge in [-0.2, -0.15) is 16.7 Å². The molecule has 0 N–H and O–H groups in total. The Labute approximate surface area is 317 Å². The minimum absolute atomic E-state index is 0. The summed E-state index contributed by atoms with van der Waals surface area (Å²) in [6, 6.07) is 37.2. The van der Waals surface area contributed by atoms with Gasteiger partial charge in [-0.1, -0.05) is 101 Å². The van der Waals surface area contributed by atoms with Crippen molar-refractivity contribution < 1.29 is 25.8 Å². The first-order valence-electron chi connectivity index (χ1n) is 18.0. The molecular weight excluding hydrogens is 808 g/mol. The standard InChI is InChI=1S/C45H46N4O.Pt/c1-8-9-11-14-34-24-37(49-33(7)45(32(6)47-49)35-15-12-10-13-16-35)27-39(25-34)50-38-18-19-40-41-26-36(31(5)29(2)3)17-20-42(41)48(43(40)28-38)44-23-30(4)21-22-46-44;/h10,12-13,15-26,29,31H,8-9,11,14H2,1-7H3;/q-2;+2. The van der Waals surface area contributed by atoms with Crippen LogP contribution in [0.4, 0.5) is 0 Å². The summed E-state index contributed by atoms with van der Waals surface area (Å²) < 4.78 is 10.9. The Kier molecular flexibility index (Phi) is 11.0. The maximum Gasteiger partial charge on any atom is 2.00 e. The van der Waals surface area contributed by atoms with E-state index in [0.717, 1.165) is 68.8 Å². The van der Waals surface area contributed by atoms with Crippen molar-refractivity contribution in [3.63, 3.8) is 0 Å². The van der Waals surface area contributed by atoms with Crippen molar-refractivity contribution in [3.05, 3.63) is 131 Å². The van der Waals surface area contributed by atoms with Gasteiger partial charge in [-0.15, -0.1) is 35.7 Å². The summed E-state index contributed by atoms with van der Waals surface area (Å²) in [6.45, 7) is 15.4. The second-order valence-corrected chi connectivity index (χ2v) is 14.0. The quantitative estimate of drug-likeness (QED) is 0.0962. The number of hydrogen-bond donors (Lipinski definition) is 0. The molecule has 6 heteroatoms. The molecule has 0 spiro atoms. The number of aryl methyl sites for hydroxylation is 3. The van der Waals surface area contributed by atoms with Crippen LogP contribution < -0.4 is 4.74 Å². The van der Waals surface area contributed by atoms with Crippen LogP contribution in [0.5, 0.6) is 11.5 Å². The van der Waals surface area contributed by atoms with Crippen LogP contribution in [0.1, 0.15) is 81.0 Å². The molecule has 262 valence electrons. The molecule has 0 aliphatic carbocycles. The molecule has 0 saturated heterocycles. The zero-order chi connectivity index (χ0) is 34.9. The Balaban J connectivity index is 0.00000448. The predicted molar refractivity (Wildman–Crippen MR) is 206 cm³/mol. The SMILES string of the molecule is CCCCCc1cc(Oc2[c-]c3c(cc2)c2cc(C(C)C(C)C)ccc2n3-c2cc(C)ccn2)[c-]c(-n2nc(C)c(-c3ccccc3)c2C)c1.[Pt+2]. The minimum Gasteiger partial charge on any atom is -0.509 e. The molecule has 0 bridgehead atoms. The average Bonchev–Trinajstić information content (AvgIpc) is 3.60. The van der Waals surface area contributed by atoms with E-state index < -0.39 is 0 Å². The molecule has 0 amide bonds. The van der Waals surface area contributed by atoms with Gasteiger partial charge in [0.15, 0.2) is 0 Å². The monoisotopic (exact) mass is 853 g/mol. The number of rotatable bonds is 11. The first kappa shape index (κ1) is 36.3. The van der Waals surface area contributed by atoms with Gasteiger partial charge in [0.05, 0.1) is 5.69 Å². The van der Waals surface area contributed by atoms with Gasteiger partial charge in [-0.25, -0.2) is 4.98 Å². The number of nitrogens with zero attached hydrogens (tertiary/aromatic N) is 4. The Bertz CT molecular complexity index is 2300. The molecule has 0 fully saturated rings. The van der Waals surface area contributed by atoms with Gasteiger partial charge in [0.25, 0.3) is 0 Å². The zero-order valence-corrected chi connectivity index (χ0v) is 32.9. The zero-order valence-electron chi connectivity index (χ0n) is 30.7. The smallest absolute Gasteiger partial charge is 0.509 e. The van der Waals surface area contributed by atoms with Crippen LogP contribution in [-0.2, 0) is 27.5 Å². The maximum atomic E-state index is 6.68. The van der Waals surface area contributed by atoms with Crippen LogP contribution in [0.3, 0.4) is 0 Å². The molecule has 4 aromatic carbocycles. The van der Waals surface area contributed by atoms with Gasteiger partial charge < -0.3 is 9.30 Å². The number of hydrogen-bond acceptors (Lipinski definition) is 3. The second-order valence-electron chi connectivity index (χ2n) is 14.0.